The Morgan fingerprint density at radius 1 is 1.19 bits per heavy atom. The minimum atomic E-state index is -0.166. The van der Waals surface area contributed by atoms with Crippen molar-refractivity contribution < 1.29 is 10.2 Å². The third-order valence-electron chi connectivity index (χ3n) is 2.97. The molecule has 3 rings (SSSR count). The standard InChI is InChI=1S/C14H12N4O2S/c1-8-6-21-13-12(8)15-7-16-14(13)18-17-5-9-2-3-10(19)11(20)4-9/h2-4,6-7,19-20H,5H2,1H3. The van der Waals surface area contributed by atoms with Crippen molar-refractivity contribution in [3.63, 3.8) is 0 Å². The van der Waals surface area contributed by atoms with E-state index >= 15 is 0 Å². The fraction of sp³-hybridized carbons (Fsp3) is 0.143. The minimum absolute atomic E-state index is 0.151. The molecule has 2 N–H and O–H groups in total. The summed E-state index contributed by atoms with van der Waals surface area (Å²) in [6, 6.07) is 4.56. The lowest BCUT2D eigenvalue weighted by Crippen LogP contribution is -1.82. The van der Waals surface area contributed by atoms with Crippen molar-refractivity contribution in [3.8, 4) is 11.5 Å². The fourth-order valence-corrected chi connectivity index (χ4v) is 2.81. The molecule has 0 atom stereocenters. The number of aromatic hydroxyl groups is 2. The molecule has 0 saturated carbocycles. The number of hydrogen-bond acceptors (Lipinski definition) is 7. The molecule has 0 spiro atoms. The van der Waals surface area contributed by atoms with Crippen molar-refractivity contribution >= 4 is 27.4 Å². The molecule has 3 aromatic rings. The van der Waals surface area contributed by atoms with Gasteiger partial charge in [0.15, 0.2) is 17.3 Å². The summed E-state index contributed by atoms with van der Waals surface area (Å²) in [6.45, 7) is 2.29. The van der Waals surface area contributed by atoms with E-state index in [0.29, 0.717) is 12.4 Å². The van der Waals surface area contributed by atoms with Gasteiger partial charge in [0.2, 0.25) is 0 Å². The molecule has 0 aliphatic rings. The van der Waals surface area contributed by atoms with Gasteiger partial charge in [0, 0.05) is 0 Å². The van der Waals surface area contributed by atoms with Crippen molar-refractivity contribution in [2.45, 2.75) is 13.5 Å². The van der Waals surface area contributed by atoms with Gasteiger partial charge in [-0.2, -0.15) is 5.11 Å². The summed E-state index contributed by atoms with van der Waals surface area (Å²) in [7, 11) is 0. The van der Waals surface area contributed by atoms with Crippen LogP contribution in [-0.2, 0) is 6.54 Å². The van der Waals surface area contributed by atoms with Gasteiger partial charge in [-0.25, -0.2) is 9.97 Å². The van der Waals surface area contributed by atoms with E-state index in [1.807, 2.05) is 12.3 Å². The molecular weight excluding hydrogens is 288 g/mol. The third-order valence-corrected chi connectivity index (χ3v) is 4.05. The number of nitrogens with zero attached hydrogens (tertiary/aromatic N) is 4. The summed E-state index contributed by atoms with van der Waals surface area (Å²) in [5.74, 6) is 0.226. The van der Waals surface area contributed by atoms with Crippen molar-refractivity contribution in [2.75, 3.05) is 0 Å². The van der Waals surface area contributed by atoms with Crippen molar-refractivity contribution in [1.82, 2.24) is 9.97 Å². The lowest BCUT2D eigenvalue weighted by molar-refractivity contribution is 0.403. The maximum absolute atomic E-state index is 9.42. The SMILES string of the molecule is Cc1csc2c(N=NCc3ccc(O)c(O)c3)ncnc12. The molecule has 0 fully saturated rings. The van der Waals surface area contributed by atoms with Crippen LogP contribution >= 0.6 is 11.3 Å². The average Bonchev–Trinajstić information content (AvgIpc) is 2.86. The first kappa shape index (κ1) is 13.4. The fourth-order valence-electron chi connectivity index (χ4n) is 1.88. The van der Waals surface area contributed by atoms with Crippen molar-refractivity contribution in [2.24, 2.45) is 10.2 Å². The molecule has 0 saturated heterocycles. The Bertz CT molecular complexity index is 829. The molecule has 1 aromatic carbocycles. The van der Waals surface area contributed by atoms with Crippen LogP contribution in [0.4, 0.5) is 5.82 Å². The number of thiophene rings is 1. The van der Waals surface area contributed by atoms with E-state index < -0.39 is 0 Å². The van der Waals surface area contributed by atoms with Crippen LogP contribution in [0.2, 0.25) is 0 Å². The first-order chi connectivity index (χ1) is 10.1. The minimum Gasteiger partial charge on any atom is -0.504 e. The maximum Gasteiger partial charge on any atom is 0.195 e. The number of phenolic OH excluding ortho intramolecular Hbond substituents is 2. The number of rotatable bonds is 3. The van der Waals surface area contributed by atoms with Gasteiger partial charge in [-0.3, -0.25) is 0 Å². The maximum atomic E-state index is 9.42. The summed E-state index contributed by atoms with van der Waals surface area (Å²) in [5, 5.41) is 28.9. The van der Waals surface area contributed by atoms with E-state index in [1.54, 1.807) is 6.07 Å². The molecule has 2 heterocycles. The van der Waals surface area contributed by atoms with Crippen molar-refractivity contribution in [1.29, 1.82) is 0 Å². The number of fused-ring (bicyclic) bond motifs is 1. The second kappa shape index (κ2) is 5.45. The lowest BCUT2D eigenvalue weighted by Gasteiger charge is -1.99. The molecule has 0 bridgehead atoms. The molecule has 21 heavy (non-hydrogen) atoms. The van der Waals surface area contributed by atoms with E-state index in [2.05, 4.69) is 20.2 Å². The quantitative estimate of drug-likeness (QED) is 0.570. The van der Waals surface area contributed by atoms with Crippen molar-refractivity contribution in [3.05, 3.63) is 41.0 Å². The average molecular weight is 300 g/mol. The number of aromatic nitrogens is 2. The first-order valence-electron chi connectivity index (χ1n) is 6.22. The van der Waals surface area contributed by atoms with Gasteiger partial charge in [-0.05, 0) is 35.6 Å². The smallest absolute Gasteiger partial charge is 0.195 e. The molecular formula is C14H12N4O2S. The summed E-state index contributed by atoms with van der Waals surface area (Å²) < 4.78 is 0.910. The van der Waals surface area contributed by atoms with Crippen LogP contribution in [0.25, 0.3) is 10.2 Å². The highest BCUT2D eigenvalue weighted by Crippen LogP contribution is 2.30. The predicted octanol–water partition coefficient (Wildman–Crippen LogP) is 3.69. The Morgan fingerprint density at radius 3 is 2.86 bits per heavy atom. The summed E-state index contributed by atoms with van der Waals surface area (Å²) in [4.78, 5) is 8.36. The molecule has 2 aromatic heterocycles. The molecule has 0 radical (unpaired) electrons. The van der Waals surface area contributed by atoms with E-state index in [4.69, 9.17) is 0 Å². The van der Waals surface area contributed by atoms with Gasteiger partial charge in [-0.1, -0.05) is 6.07 Å². The summed E-state index contributed by atoms with van der Waals surface area (Å²) in [5.41, 5.74) is 2.74. The largest absolute Gasteiger partial charge is 0.504 e. The van der Waals surface area contributed by atoms with Crippen LogP contribution in [0.1, 0.15) is 11.1 Å². The highest BCUT2D eigenvalue weighted by Gasteiger charge is 2.07. The van der Waals surface area contributed by atoms with E-state index in [1.165, 1.54) is 29.8 Å². The van der Waals surface area contributed by atoms with E-state index in [-0.39, 0.29) is 11.5 Å². The van der Waals surface area contributed by atoms with E-state index in [9.17, 15) is 10.2 Å². The highest BCUT2D eigenvalue weighted by molar-refractivity contribution is 7.17. The van der Waals surface area contributed by atoms with Gasteiger partial charge >= 0.3 is 0 Å². The van der Waals surface area contributed by atoms with Crippen LogP contribution in [0.15, 0.2) is 40.1 Å². The topological polar surface area (TPSA) is 91.0 Å². The van der Waals surface area contributed by atoms with Gasteiger partial charge in [0.05, 0.1) is 16.8 Å². The number of azo groups is 1. The van der Waals surface area contributed by atoms with Crippen LogP contribution in [0, 0.1) is 6.92 Å². The molecule has 0 aliphatic carbocycles. The normalized spacial score (nSPS) is 11.5. The molecule has 7 heteroatoms. The second-order valence-corrected chi connectivity index (χ2v) is 5.40. The number of phenols is 2. The Hall–Kier alpha value is -2.54. The summed E-state index contributed by atoms with van der Waals surface area (Å²) in [6.07, 6.45) is 1.47. The monoisotopic (exact) mass is 300 g/mol. The zero-order valence-corrected chi connectivity index (χ0v) is 12.0. The van der Waals surface area contributed by atoms with Gasteiger partial charge in [0.1, 0.15) is 6.33 Å². The van der Waals surface area contributed by atoms with Crippen LogP contribution in [0.3, 0.4) is 0 Å². The Labute approximate surface area is 124 Å². The molecule has 0 aliphatic heterocycles. The number of benzene rings is 1. The van der Waals surface area contributed by atoms with Crippen LogP contribution < -0.4 is 0 Å². The Kier molecular flexibility index (Phi) is 3.49. The third kappa shape index (κ3) is 2.68. The van der Waals surface area contributed by atoms with Crippen LogP contribution in [-0.4, -0.2) is 20.2 Å². The Balaban J connectivity index is 1.83. The lowest BCUT2D eigenvalue weighted by atomic mass is 10.2. The summed E-state index contributed by atoms with van der Waals surface area (Å²) >= 11 is 1.54. The highest BCUT2D eigenvalue weighted by atomic mass is 32.1. The van der Waals surface area contributed by atoms with E-state index in [0.717, 1.165) is 21.3 Å². The molecule has 106 valence electrons. The van der Waals surface area contributed by atoms with Crippen LogP contribution in [0.5, 0.6) is 11.5 Å². The molecule has 0 unspecified atom stereocenters. The molecule has 6 nitrogen and oxygen atoms in total. The predicted molar refractivity (Wildman–Crippen MR) is 80.1 cm³/mol. The first-order valence-corrected chi connectivity index (χ1v) is 7.10. The van der Waals surface area contributed by atoms with Gasteiger partial charge < -0.3 is 10.2 Å². The Morgan fingerprint density at radius 2 is 2.05 bits per heavy atom. The number of aryl methyl sites for hydroxylation is 1. The molecule has 0 amide bonds. The number of hydrogen-bond donors (Lipinski definition) is 2. The zero-order chi connectivity index (χ0) is 14.8. The second-order valence-electron chi connectivity index (χ2n) is 4.52. The van der Waals surface area contributed by atoms with Gasteiger partial charge in [-0.15, -0.1) is 16.5 Å². The van der Waals surface area contributed by atoms with Gasteiger partial charge in [0.25, 0.3) is 0 Å². The zero-order valence-electron chi connectivity index (χ0n) is 11.2.